The van der Waals surface area contributed by atoms with Gasteiger partial charge in [0.25, 0.3) is 0 Å². The highest BCUT2D eigenvalue weighted by atomic mass is 16.4. The molecule has 0 aliphatic carbocycles. The lowest BCUT2D eigenvalue weighted by Crippen LogP contribution is -2.16. The van der Waals surface area contributed by atoms with Crippen molar-refractivity contribution >= 4 is 5.97 Å². The van der Waals surface area contributed by atoms with E-state index in [1.165, 1.54) is 12.8 Å². The fraction of sp³-hybridized carbons (Fsp3) is 0.909. The number of hydrogen-bond acceptors (Lipinski definition) is 1. The molecule has 0 rings (SSSR count). The Morgan fingerprint density at radius 2 is 1.92 bits per heavy atom. The lowest BCUT2D eigenvalue weighted by Gasteiger charge is -2.24. The first-order chi connectivity index (χ1) is 5.89. The Kier molecular flexibility index (Phi) is 5.04. The van der Waals surface area contributed by atoms with Crippen LogP contribution in [0.4, 0.5) is 0 Å². The van der Waals surface area contributed by atoms with Crippen LogP contribution in [0.3, 0.4) is 0 Å². The smallest absolute Gasteiger partial charge is 0.306 e. The van der Waals surface area contributed by atoms with Crippen LogP contribution in [0.15, 0.2) is 0 Å². The van der Waals surface area contributed by atoms with E-state index in [4.69, 9.17) is 5.11 Å². The normalized spacial score (nSPS) is 14.2. The van der Waals surface area contributed by atoms with Crippen molar-refractivity contribution in [2.75, 3.05) is 0 Å². The number of carboxylic acid groups (broad SMARTS) is 1. The van der Waals surface area contributed by atoms with Crippen LogP contribution in [0.25, 0.3) is 0 Å². The van der Waals surface area contributed by atoms with E-state index in [0.717, 1.165) is 12.8 Å². The Morgan fingerprint density at radius 3 is 2.31 bits per heavy atom. The predicted molar refractivity (Wildman–Crippen MR) is 54.7 cm³/mol. The molecule has 2 heteroatoms. The largest absolute Gasteiger partial charge is 0.481 e. The standard InChI is InChI=1S/C11H22O2/c1-5-7-11(3,4)8-6-9(2)10(12)13/h9H,5-8H2,1-4H3,(H,12,13). The molecule has 0 aromatic rings. The van der Waals surface area contributed by atoms with Gasteiger partial charge in [0.1, 0.15) is 0 Å². The second kappa shape index (κ2) is 5.25. The average molecular weight is 186 g/mol. The molecular weight excluding hydrogens is 164 g/mol. The van der Waals surface area contributed by atoms with Crippen LogP contribution in [0.2, 0.25) is 0 Å². The van der Waals surface area contributed by atoms with E-state index in [2.05, 4.69) is 20.8 Å². The van der Waals surface area contributed by atoms with Crippen LogP contribution in [0.5, 0.6) is 0 Å². The van der Waals surface area contributed by atoms with Gasteiger partial charge in [0.15, 0.2) is 0 Å². The van der Waals surface area contributed by atoms with Gasteiger partial charge in [-0.05, 0) is 24.7 Å². The summed E-state index contributed by atoms with van der Waals surface area (Å²) in [5.41, 5.74) is 0.304. The minimum absolute atomic E-state index is 0.198. The summed E-state index contributed by atoms with van der Waals surface area (Å²) >= 11 is 0. The van der Waals surface area contributed by atoms with Crippen molar-refractivity contribution in [3.8, 4) is 0 Å². The van der Waals surface area contributed by atoms with Crippen molar-refractivity contribution in [2.45, 2.75) is 53.4 Å². The number of rotatable bonds is 6. The van der Waals surface area contributed by atoms with Crippen LogP contribution >= 0.6 is 0 Å². The molecule has 0 aliphatic heterocycles. The molecule has 0 amide bonds. The maximum Gasteiger partial charge on any atom is 0.306 e. The zero-order chi connectivity index (χ0) is 10.5. The Hall–Kier alpha value is -0.530. The van der Waals surface area contributed by atoms with Gasteiger partial charge in [-0.3, -0.25) is 4.79 Å². The van der Waals surface area contributed by atoms with Crippen LogP contribution < -0.4 is 0 Å². The molecule has 1 unspecified atom stereocenters. The minimum Gasteiger partial charge on any atom is -0.481 e. The predicted octanol–water partition coefficient (Wildman–Crippen LogP) is 3.31. The second-order valence-corrected chi connectivity index (χ2v) is 4.69. The van der Waals surface area contributed by atoms with Gasteiger partial charge in [0, 0.05) is 0 Å². The Morgan fingerprint density at radius 1 is 1.38 bits per heavy atom. The Balaban J connectivity index is 3.80. The average Bonchev–Trinajstić information content (AvgIpc) is 2.00. The summed E-state index contributed by atoms with van der Waals surface area (Å²) in [6, 6.07) is 0. The van der Waals surface area contributed by atoms with Crippen molar-refractivity contribution in [3.05, 3.63) is 0 Å². The van der Waals surface area contributed by atoms with Crippen molar-refractivity contribution in [1.29, 1.82) is 0 Å². The highest BCUT2D eigenvalue weighted by molar-refractivity contribution is 5.69. The summed E-state index contributed by atoms with van der Waals surface area (Å²) in [6.45, 7) is 8.38. The summed E-state index contributed by atoms with van der Waals surface area (Å²) in [5, 5.41) is 8.71. The fourth-order valence-corrected chi connectivity index (χ4v) is 1.53. The van der Waals surface area contributed by atoms with E-state index in [1.54, 1.807) is 6.92 Å². The van der Waals surface area contributed by atoms with E-state index < -0.39 is 5.97 Å². The van der Waals surface area contributed by atoms with Gasteiger partial charge in [-0.15, -0.1) is 0 Å². The van der Waals surface area contributed by atoms with E-state index in [-0.39, 0.29) is 5.92 Å². The molecular formula is C11H22O2. The first kappa shape index (κ1) is 12.5. The monoisotopic (exact) mass is 186 g/mol. The third kappa shape index (κ3) is 5.67. The number of carboxylic acids is 1. The van der Waals surface area contributed by atoms with Gasteiger partial charge >= 0.3 is 5.97 Å². The highest BCUT2D eigenvalue weighted by Crippen LogP contribution is 2.29. The van der Waals surface area contributed by atoms with Crippen LogP contribution in [0.1, 0.15) is 53.4 Å². The fourth-order valence-electron chi connectivity index (χ4n) is 1.53. The lowest BCUT2D eigenvalue weighted by atomic mass is 9.81. The van der Waals surface area contributed by atoms with Crippen molar-refractivity contribution in [2.24, 2.45) is 11.3 Å². The molecule has 13 heavy (non-hydrogen) atoms. The molecule has 0 aliphatic rings. The van der Waals surface area contributed by atoms with Gasteiger partial charge in [-0.1, -0.05) is 34.1 Å². The molecule has 1 N–H and O–H groups in total. The van der Waals surface area contributed by atoms with E-state index in [0.29, 0.717) is 5.41 Å². The number of aliphatic carboxylic acids is 1. The summed E-state index contributed by atoms with van der Waals surface area (Å²) in [7, 11) is 0. The zero-order valence-corrected chi connectivity index (χ0v) is 9.26. The molecule has 0 saturated carbocycles. The molecule has 78 valence electrons. The van der Waals surface area contributed by atoms with Crippen molar-refractivity contribution < 1.29 is 9.90 Å². The van der Waals surface area contributed by atoms with Crippen LogP contribution in [-0.4, -0.2) is 11.1 Å². The second-order valence-electron chi connectivity index (χ2n) is 4.69. The first-order valence-electron chi connectivity index (χ1n) is 5.12. The molecule has 1 atom stereocenters. The molecule has 0 aromatic heterocycles. The zero-order valence-electron chi connectivity index (χ0n) is 9.26. The third-order valence-electron chi connectivity index (χ3n) is 2.60. The molecule has 0 radical (unpaired) electrons. The maximum atomic E-state index is 10.6. The van der Waals surface area contributed by atoms with E-state index >= 15 is 0 Å². The lowest BCUT2D eigenvalue weighted by molar-refractivity contribution is -0.141. The van der Waals surface area contributed by atoms with Gasteiger partial charge in [0.2, 0.25) is 0 Å². The summed E-state index contributed by atoms with van der Waals surface area (Å²) < 4.78 is 0. The molecule has 0 saturated heterocycles. The maximum absolute atomic E-state index is 10.6. The molecule has 0 fully saturated rings. The quantitative estimate of drug-likeness (QED) is 0.691. The first-order valence-corrected chi connectivity index (χ1v) is 5.12. The van der Waals surface area contributed by atoms with Gasteiger partial charge in [0.05, 0.1) is 5.92 Å². The summed E-state index contributed by atoms with van der Waals surface area (Å²) in [4.78, 5) is 10.6. The molecule has 2 nitrogen and oxygen atoms in total. The topological polar surface area (TPSA) is 37.3 Å². The summed E-state index contributed by atoms with van der Waals surface area (Å²) in [5.74, 6) is -0.872. The van der Waals surface area contributed by atoms with Gasteiger partial charge in [-0.2, -0.15) is 0 Å². The minimum atomic E-state index is -0.674. The molecule has 0 bridgehead atoms. The van der Waals surface area contributed by atoms with E-state index in [9.17, 15) is 4.79 Å². The van der Waals surface area contributed by atoms with Crippen LogP contribution in [0, 0.1) is 11.3 Å². The SMILES string of the molecule is CCCC(C)(C)CCC(C)C(=O)O. The Labute approximate surface area is 81.3 Å². The number of carbonyl (C=O) groups is 1. The summed E-state index contributed by atoms with van der Waals surface area (Å²) in [6.07, 6.45) is 4.16. The van der Waals surface area contributed by atoms with Crippen LogP contribution in [-0.2, 0) is 4.79 Å². The van der Waals surface area contributed by atoms with Gasteiger partial charge < -0.3 is 5.11 Å². The number of hydrogen-bond donors (Lipinski definition) is 1. The molecule has 0 spiro atoms. The highest BCUT2D eigenvalue weighted by Gasteiger charge is 2.19. The molecule has 0 heterocycles. The Bertz CT molecular complexity index is 161. The van der Waals surface area contributed by atoms with Crippen molar-refractivity contribution in [1.82, 2.24) is 0 Å². The third-order valence-corrected chi connectivity index (χ3v) is 2.60. The van der Waals surface area contributed by atoms with Gasteiger partial charge in [-0.25, -0.2) is 0 Å². The molecule has 0 aromatic carbocycles. The van der Waals surface area contributed by atoms with Crippen molar-refractivity contribution in [3.63, 3.8) is 0 Å². The van der Waals surface area contributed by atoms with E-state index in [1.807, 2.05) is 0 Å².